The van der Waals surface area contributed by atoms with Crippen LogP contribution in [-0.2, 0) is 0 Å². The van der Waals surface area contributed by atoms with E-state index in [1.54, 1.807) is 0 Å². The number of hydrogen-bond donors (Lipinski definition) is 0. The standard InChI is InChI=1S/C38H30N4O/c1-27-12-20-32(21-13-27)37-39-40-38(43-37)33-22-16-28(17-23-33)14-15-29-18-24-34(25-19-29)42-36(31-10-6-3-7-11-31)26-35(41-42)30-8-4-2-5-9-30/h2-25,36H,26H2,1H3/b15-14+/t36-/m0/s1. The number of aryl methyl sites for hydroxylation is 1. The first-order chi connectivity index (χ1) is 21.2. The number of rotatable bonds is 7. The third kappa shape index (κ3) is 5.79. The van der Waals surface area contributed by atoms with Gasteiger partial charge in [-0.1, -0.05) is 115 Å². The van der Waals surface area contributed by atoms with Crippen LogP contribution in [0.1, 0.15) is 40.3 Å². The minimum Gasteiger partial charge on any atom is -0.416 e. The lowest BCUT2D eigenvalue weighted by Crippen LogP contribution is -2.18. The van der Waals surface area contributed by atoms with Gasteiger partial charge in [-0.2, -0.15) is 5.10 Å². The van der Waals surface area contributed by atoms with Crippen molar-refractivity contribution >= 4 is 23.6 Å². The van der Waals surface area contributed by atoms with E-state index in [1.165, 1.54) is 16.7 Å². The highest BCUT2D eigenvalue weighted by Gasteiger charge is 2.29. The van der Waals surface area contributed by atoms with Crippen molar-refractivity contribution in [2.75, 3.05) is 5.01 Å². The molecular weight excluding hydrogens is 528 g/mol. The molecule has 43 heavy (non-hydrogen) atoms. The second-order valence-corrected chi connectivity index (χ2v) is 10.7. The van der Waals surface area contributed by atoms with Gasteiger partial charge in [0.05, 0.1) is 17.4 Å². The van der Waals surface area contributed by atoms with Gasteiger partial charge in [-0.3, -0.25) is 5.01 Å². The lowest BCUT2D eigenvalue weighted by molar-refractivity contribution is 0.584. The second-order valence-electron chi connectivity index (χ2n) is 10.7. The molecule has 0 aliphatic carbocycles. The smallest absolute Gasteiger partial charge is 0.248 e. The van der Waals surface area contributed by atoms with E-state index in [4.69, 9.17) is 9.52 Å². The van der Waals surface area contributed by atoms with E-state index in [1.807, 2.05) is 42.5 Å². The Balaban J connectivity index is 1.06. The number of nitrogens with zero attached hydrogens (tertiary/aromatic N) is 4. The van der Waals surface area contributed by atoms with Crippen molar-refractivity contribution in [1.82, 2.24) is 10.2 Å². The summed E-state index contributed by atoms with van der Waals surface area (Å²) in [6.45, 7) is 2.06. The van der Waals surface area contributed by atoms with E-state index in [0.717, 1.165) is 40.1 Å². The maximum atomic E-state index is 5.93. The fourth-order valence-corrected chi connectivity index (χ4v) is 5.31. The first kappa shape index (κ1) is 26.4. The normalized spacial score (nSPS) is 14.8. The molecule has 0 saturated heterocycles. The number of benzene rings is 5. The zero-order chi connectivity index (χ0) is 29.0. The van der Waals surface area contributed by atoms with Crippen LogP contribution in [0.3, 0.4) is 0 Å². The van der Waals surface area contributed by atoms with Crippen molar-refractivity contribution in [1.29, 1.82) is 0 Å². The molecule has 1 atom stereocenters. The van der Waals surface area contributed by atoms with Gasteiger partial charge in [0.25, 0.3) is 0 Å². The highest BCUT2D eigenvalue weighted by atomic mass is 16.4. The monoisotopic (exact) mass is 558 g/mol. The fourth-order valence-electron chi connectivity index (χ4n) is 5.31. The van der Waals surface area contributed by atoms with Crippen molar-refractivity contribution in [3.8, 4) is 22.9 Å². The van der Waals surface area contributed by atoms with Crippen molar-refractivity contribution in [3.05, 3.63) is 161 Å². The summed E-state index contributed by atoms with van der Waals surface area (Å²) < 4.78 is 5.93. The van der Waals surface area contributed by atoms with Gasteiger partial charge in [0.15, 0.2) is 0 Å². The molecule has 0 radical (unpaired) electrons. The molecule has 0 fully saturated rings. The largest absolute Gasteiger partial charge is 0.416 e. The van der Waals surface area contributed by atoms with Gasteiger partial charge in [0, 0.05) is 17.5 Å². The van der Waals surface area contributed by atoms with E-state index in [-0.39, 0.29) is 6.04 Å². The molecule has 0 saturated carbocycles. The third-order valence-corrected chi connectivity index (χ3v) is 7.71. The maximum absolute atomic E-state index is 5.93. The average molecular weight is 559 g/mol. The average Bonchev–Trinajstić information content (AvgIpc) is 3.75. The molecule has 5 nitrogen and oxygen atoms in total. The molecule has 0 N–H and O–H groups in total. The van der Waals surface area contributed by atoms with Gasteiger partial charge in [-0.25, -0.2) is 0 Å². The summed E-state index contributed by atoms with van der Waals surface area (Å²) in [5.74, 6) is 1.03. The Kier molecular flexibility index (Phi) is 7.20. The molecule has 0 amide bonds. The highest BCUT2D eigenvalue weighted by Crippen LogP contribution is 2.37. The lowest BCUT2D eigenvalue weighted by atomic mass is 9.98. The summed E-state index contributed by atoms with van der Waals surface area (Å²) in [7, 11) is 0. The topological polar surface area (TPSA) is 54.5 Å². The van der Waals surface area contributed by atoms with Crippen molar-refractivity contribution in [2.24, 2.45) is 5.10 Å². The molecule has 208 valence electrons. The molecule has 1 aliphatic rings. The van der Waals surface area contributed by atoms with Gasteiger partial charge in [-0.15, -0.1) is 10.2 Å². The van der Waals surface area contributed by atoms with Gasteiger partial charge in [0.1, 0.15) is 0 Å². The summed E-state index contributed by atoms with van der Waals surface area (Å²) in [6, 6.07) is 46.0. The third-order valence-electron chi connectivity index (χ3n) is 7.71. The van der Waals surface area contributed by atoms with Crippen molar-refractivity contribution in [2.45, 2.75) is 19.4 Å². The van der Waals surface area contributed by atoms with Crippen molar-refractivity contribution in [3.63, 3.8) is 0 Å². The first-order valence-corrected chi connectivity index (χ1v) is 14.5. The molecule has 0 unspecified atom stereocenters. The Bertz CT molecular complexity index is 1870. The zero-order valence-corrected chi connectivity index (χ0v) is 23.8. The molecule has 1 aliphatic heterocycles. The quantitative estimate of drug-likeness (QED) is 0.183. The second kappa shape index (κ2) is 11.7. The van der Waals surface area contributed by atoms with Gasteiger partial charge >= 0.3 is 0 Å². The van der Waals surface area contributed by atoms with Crippen LogP contribution in [0.4, 0.5) is 5.69 Å². The van der Waals surface area contributed by atoms with Crippen LogP contribution in [0, 0.1) is 6.92 Å². The number of anilines is 1. The summed E-state index contributed by atoms with van der Waals surface area (Å²) in [5, 5.41) is 15.7. The van der Waals surface area contributed by atoms with Crippen LogP contribution in [-0.4, -0.2) is 15.9 Å². The minimum atomic E-state index is 0.156. The molecule has 2 heterocycles. The molecule has 0 bridgehead atoms. The number of hydrazone groups is 1. The maximum Gasteiger partial charge on any atom is 0.248 e. The van der Waals surface area contributed by atoms with E-state index < -0.39 is 0 Å². The molecule has 5 heteroatoms. The molecule has 1 aromatic heterocycles. The van der Waals surface area contributed by atoms with E-state index in [2.05, 4.69) is 125 Å². The Hall–Kier alpha value is -5.55. The van der Waals surface area contributed by atoms with Crippen LogP contribution in [0.2, 0.25) is 0 Å². The Labute approximate surface area is 251 Å². The van der Waals surface area contributed by atoms with Gasteiger partial charge in [-0.05, 0) is 65.6 Å². The highest BCUT2D eigenvalue weighted by molar-refractivity contribution is 6.03. The predicted octanol–water partition coefficient (Wildman–Crippen LogP) is 9.24. The number of hydrogen-bond acceptors (Lipinski definition) is 5. The van der Waals surface area contributed by atoms with Gasteiger partial charge < -0.3 is 4.42 Å². The zero-order valence-electron chi connectivity index (χ0n) is 23.8. The lowest BCUT2D eigenvalue weighted by Gasteiger charge is -2.24. The first-order valence-electron chi connectivity index (χ1n) is 14.5. The van der Waals surface area contributed by atoms with Crippen LogP contribution in [0.25, 0.3) is 35.1 Å². The summed E-state index contributed by atoms with van der Waals surface area (Å²) in [4.78, 5) is 0. The fraction of sp³-hybridized carbons (Fsp3) is 0.0789. The van der Waals surface area contributed by atoms with E-state index in [0.29, 0.717) is 11.8 Å². The minimum absolute atomic E-state index is 0.156. The molecule has 5 aromatic carbocycles. The molecular formula is C38H30N4O. The van der Waals surface area contributed by atoms with Crippen molar-refractivity contribution < 1.29 is 4.42 Å². The van der Waals surface area contributed by atoms with Crippen LogP contribution in [0.15, 0.2) is 143 Å². The Morgan fingerprint density at radius 2 is 1.14 bits per heavy atom. The SMILES string of the molecule is Cc1ccc(-c2nnc(-c3ccc(/C=C/c4ccc(N5N=C(c6ccccc6)C[C@H]5c5ccccc5)cc4)cc3)o2)cc1. The Morgan fingerprint density at radius 1 is 0.605 bits per heavy atom. The van der Waals surface area contributed by atoms with Gasteiger partial charge in [0.2, 0.25) is 11.8 Å². The van der Waals surface area contributed by atoms with E-state index >= 15 is 0 Å². The molecule has 6 aromatic rings. The Morgan fingerprint density at radius 3 is 1.74 bits per heavy atom. The van der Waals surface area contributed by atoms with Crippen LogP contribution < -0.4 is 5.01 Å². The number of aromatic nitrogens is 2. The summed E-state index contributed by atoms with van der Waals surface area (Å²) >= 11 is 0. The van der Waals surface area contributed by atoms with Crippen LogP contribution in [0.5, 0.6) is 0 Å². The summed E-state index contributed by atoms with van der Waals surface area (Å²) in [5.41, 5.74) is 9.82. The molecule has 7 rings (SSSR count). The predicted molar refractivity (Wildman–Crippen MR) is 175 cm³/mol. The summed E-state index contributed by atoms with van der Waals surface area (Å²) in [6.07, 6.45) is 5.10. The van der Waals surface area contributed by atoms with E-state index in [9.17, 15) is 0 Å². The molecule has 0 spiro atoms. The van der Waals surface area contributed by atoms with Crippen LogP contribution >= 0.6 is 0 Å².